The normalized spacial score (nSPS) is 11.7. The van der Waals surface area contributed by atoms with Gasteiger partial charge in [-0.15, -0.1) is 11.3 Å². The van der Waals surface area contributed by atoms with Crippen molar-refractivity contribution in [1.29, 1.82) is 0 Å². The van der Waals surface area contributed by atoms with Crippen LogP contribution < -0.4 is 15.5 Å². The van der Waals surface area contributed by atoms with Gasteiger partial charge in [-0.2, -0.15) is 5.10 Å². The Kier molecular flexibility index (Phi) is 10.2. The lowest BCUT2D eigenvalue weighted by Gasteiger charge is -2.19. The highest BCUT2D eigenvalue weighted by atomic mass is 32.1. The van der Waals surface area contributed by atoms with Crippen LogP contribution in [-0.4, -0.2) is 71.3 Å². The number of thiophene rings is 1. The molecule has 216 valence electrons. The topological polar surface area (TPSA) is 156 Å². The number of H-pyrrole nitrogens is 1. The van der Waals surface area contributed by atoms with E-state index in [1.165, 1.54) is 23.2 Å². The molecule has 14 heteroatoms. The van der Waals surface area contributed by atoms with Crippen LogP contribution in [0.15, 0.2) is 41.9 Å². The third kappa shape index (κ3) is 7.34. The van der Waals surface area contributed by atoms with Crippen molar-refractivity contribution in [1.82, 2.24) is 25.8 Å². The highest BCUT2D eigenvalue weighted by Gasteiger charge is 2.28. The molecule has 0 saturated carbocycles. The number of ether oxygens (including phenoxy) is 2. The summed E-state index contributed by atoms with van der Waals surface area (Å²) in [7, 11) is 0. The molecule has 3 heterocycles. The highest BCUT2D eigenvalue weighted by molar-refractivity contribution is 7.18. The predicted octanol–water partition coefficient (Wildman–Crippen LogP) is 3.57. The number of aryl methyl sites for hydroxylation is 1. The summed E-state index contributed by atoms with van der Waals surface area (Å²) in [6.45, 7) is 5.82. The van der Waals surface area contributed by atoms with Crippen LogP contribution in [-0.2, 0) is 19.1 Å². The molecule has 4 rings (SSSR count). The zero-order valence-corrected chi connectivity index (χ0v) is 24.4. The number of aromatic nitrogens is 3. The molecule has 3 N–H and O–H groups in total. The summed E-state index contributed by atoms with van der Waals surface area (Å²) in [4.78, 5) is 58.1. The van der Waals surface area contributed by atoms with Crippen LogP contribution in [0.3, 0.4) is 0 Å². The molecule has 4 aromatic rings. The molecule has 0 aliphatic carbocycles. The van der Waals surface area contributed by atoms with Crippen LogP contribution in [0.25, 0.3) is 10.9 Å². The first-order valence-corrected chi connectivity index (χ1v) is 14.6. The van der Waals surface area contributed by atoms with Crippen molar-refractivity contribution in [3.8, 4) is 0 Å². The van der Waals surface area contributed by atoms with Gasteiger partial charge in [0.15, 0.2) is 5.13 Å². The standard InChI is InChI=1S/C27H30N6O6S2/c1-4-38-11-7-12-39-26(37)20(15-28-24(35)22-10-6-13-40-22)31-25(36)23-16(2)30-27(41-23)33(17(3)34)21-9-5-8-19-18(21)14-29-32-19/h5-6,8-10,13-14,20H,4,7,11-12,15H2,1-3H3,(H,28,35)(H,29,32)(H,31,36)/t20-/m0/s1. The Hall–Kier alpha value is -4.14. The van der Waals surface area contributed by atoms with E-state index < -0.39 is 17.9 Å². The third-order valence-electron chi connectivity index (χ3n) is 5.88. The van der Waals surface area contributed by atoms with Crippen molar-refractivity contribution >= 4 is 68.1 Å². The van der Waals surface area contributed by atoms with Gasteiger partial charge in [-0.3, -0.25) is 24.4 Å². The molecule has 0 saturated heterocycles. The lowest BCUT2D eigenvalue weighted by molar-refractivity contribution is -0.146. The molecular weight excluding hydrogens is 568 g/mol. The number of thiazole rings is 1. The van der Waals surface area contributed by atoms with E-state index in [-0.39, 0.29) is 35.0 Å². The van der Waals surface area contributed by atoms with E-state index >= 15 is 0 Å². The van der Waals surface area contributed by atoms with Crippen molar-refractivity contribution in [3.05, 3.63) is 57.4 Å². The Bertz CT molecular complexity index is 1520. The molecular formula is C27H30N6O6S2. The Morgan fingerprint density at radius 2 is 1.95 bits per heavy atom. The smallest absolute Gasteiger partial charge is 0.330 e. The molecule has 0 spiro atoms. The second kappa shape index (κ2) is 14.0. The van der Waals surface area contributed by atoms with Gasteiger partial charge in [0.1, 0.15) is 10.9 Å². The molecule has 12 nitrogen and oxygen atoms in total. The molecule has 0 bridgehead atoms. The zero-order chi connectivity index (χ0) is 29.4. The predicted molar refractivity (Wildman–Crippen MR) is 156 cm³/mol. The molecule has 0 aliphatic rings. The summed E-state index contributed by atoms with van der Waals surface area (Å²) >= 11 is 2.27. The van der Waals surface area contributed by atoms with E-state index in [0.717, 1.165) is 22.2 Å². The van der Waals surface area contributed by atoms with Crippen LogP contribution in [0.1, 0.15) is 45.3 Å². The van der Waals surface area contributed by atoms with E-state index in [1.54, 1.807) is 42.8 Å². The number of anilines is 2. The number of aromatic amines is 1. The first kappa shape index (κ1) is 29.8. The van der Waals surface area contributed by atoms with Crippen LogP contribution in [0, 0.1) is 6.92 Å². The van der Waals surface area contributed by atoms with Gasteiger partial charge in [-0.05, 0) is 37.4 Å². The maximum atomic E-state index is 13.4. The number of carbonyl (C=O) groups is 4. The van der Waals surface area contributed by atoms with Gasteiger partial charge in [0.25, 0.3) is 11.8 Å². The average Bonchev–Trinajstić information content (AvgIpc) is 3.72. The van der Waals surface area contributed by atoms with E-state index in [2.05, 4.69) is 25.8 Å². The first-order valence-electron chi connectivity index (χ1n) is 12.9. The van der Waals surface area contributed by atoms with Gasteiger partial charge >= 0.3 is 5.97 Å². The van der Waals surface area contributed by atoms with Gasteiger partial charge in [-0.1, -0.05) is 23.5 Å². The first-order chi connectivity index (χ1) is 19.8. The summed E-state index contributed by atoms with van der Waals surface area (Å²) in [6.07, 6.45) is 2.10. The largest absolute Gasteiger partial charge is 0.464 e. The minimum absolute atomic E-state index is 0.0982. The number of fused-ring (bicyclic) bond motifs is 1. The van der Waals surface area contributed by atoms with Crippen molar-refractivity contribution in [2.24, 2.45) is 0 Å². The Morgan fingerprint density at radius 3 is 2.68 bits per heavy atom. The summed E-state index contributed by atoms with van der Waals surface area (Å²) < 4.78 is 10.6. The highest BCUT2D eigenvalue weighted by Crippen LogP contribution is 2.35. The van der Waals surface area contributed by atoms with Crippen LogP contribution in [0.5, 0.6) is 0 Å². The fourth-order valence-corrected chi connectivity index (χ4v) is 5.60. The number of amides is 3. The maximum Gasteiger partial charge on any atom is 0.330 e. The number of carbonyl (C=O) groups excluding carboxylic acids is 4. The number of hydrogen-bond acceptors (Lipinski definition) is 10. The molecule has 0 fully saturated rings. The SMILES string of the molecule is CCOCCCOC(=O)[C@H](CNC(=O)c1cccs1)NC(=O)c1sc(N(C(C)=O)c2cccc3[nH]ncc23)nc1C. The lowest BCUT2D eigenvalue weighted by atomic mass is 10.2. The Labute approximate surface area is 244 Å². The van der Waals surface area contributed by atoms with E-state index in [9.17, 15) is 19.2 Å². The van der Waals surface area contributed by atoms with E-state index in [1.807, 2.05) is 13.0 Å². The molecule has 3 amide bonds. The third-order valence-corrected chi connectivity index (χ3v) is 7.89. The monoisotopic (exact) mass is 598 g/mol. The van der Waals surface area contributed by atoms with Crippen LogP contribution in [0.4, 0.5) is 10.8 Å². The molecule has 0 unspecified atom stereocenters. The van der Waals surface area contributed by atoms with Gasteiger partial charge < -0.3 is 20.1 Å². The average molecular weight is 599 g/mol. The van der Waals surface area contributed by atoms with Crippen LogP contribution in [0.2, 0.25) is 0 Å². The Morgan fingerprint density at radius 1 is 1.12 bits per heavy atom. The van der Waals surface area contributed by atoms with Gasteiger partial charge in [0.05, 0.1) is 34.6 Å². The summed E-state index contributed by atoms with van der Waals surface area (Å²) in [5, 5.41) is 15.1. The van der Waals surface area contributed by atoms with E-state index in [0.29, 0.717) is 35.9 Å². The second-order valence-electron chi connectivity index (χ2n) is 8.81. The fraction of sp³-hybridized carbons (Fsp3) is 0.333. The Balaban J connectivity index is 1.52. The number of nitrogens with one attached hydrogen (secondary N) is 3. The molecule has 0 radical (unpaired) electrons. The van der Waals surface area contributed by atoms with Gasteiger partial charge in [-0.25, -0.2) is 9.78 Å². The molecule has 1 atom stereocenters. The lowest BCUT2D eigenvalue weighted by Crippen LogP contribution is -2.49. The molecule has 1 aromatic carbocycles. The second-order valence-corrected chi connectivity index (χ2v) is 10.7. The summed E-state index contributed by atoms with van der Waals surface area (Å²) in [5.41, 5.74) is 1.68. The fourth-order valence-electron chi connectivity index (χ4n) is 3.93. The minimum atomic E-state index is -1.16. The van der Waals surface area contributed by atoms with Crippen molar-refractivity contribution in [2.45, 2.75) is 33.2 Å². The van der Waals surface area contributed by atoms with Crippen LogP contribution >= 0.6 is 22.7 Å². The van der Waals surface area contributed by atoms with E-state index in [4.69, 9.17) is 9.47 Å². The number of hydrogen-bond donors (Lipinski definition) is 3. The number of benzene rings is 1. The quantitative estimate of drug-likeness (QED) is 0.156. The molecule has 0 aliphatic heterocycles. The molecule has 41 heavy (non-hydrogen) atoms. The number of rotatable bonds is 13. The maximum absolute atomic E-state index is 13.4. The van der Waals surface area contributed by atoms with Crippen molar-refractivity contribution in [3.63, 3.8) is 0 Å². The number of nitrogens with zero attached hydrogens (tertiary/aromatic N) is 3. The van der Waals surface area contributed by atoms with Crippen molar-refractivity contribution < 1.29 is 28.7 Å². The summed E-state index contributed by atoms with van der Waals surface area (Å²) in [6, 6.07) is 7.63. The number of esters is 1. The van der Waals surface area contributed by atoms with Gasteiger partial charge in [0.2, 0.25) is 5.91 Å². The van der Waals surface area contributed by atoms with Crippen molar-refractivity contribution in [2.75, 3.05) is 31.3 Å². The van der Waals surface area contributed by atoms with Gasteiger partial charge in [0, 0.05) is 38.5 Å². The summed E-state index contributed by atoms with van der Waals surface area (Å²) in [5.74, 6) is -1.95. The zero-order valence-electron chi connectivity index (χ0n) is 22.8. The minimum Gasteiger partial charge on any atom is -0.464 e. The molecule has 3 aromatic heterocycles.